The number of amides is 2. The highest BCUT2D eigenvalue weighted by atomic mass is 16.5. The van der Waals surface area contributed by atoms with E-state index in [9.17, 15) is 14.4 Å². The van der Waals surface area contributed by atoms with Crippen LogP contribution in [0.15, 0.2) is 22.8 Å². The van der Waals surface area contributed by atoms with Gasteiger partial charge in [-0.1, -0.05) is 0 Å². The molecule has 98 valence electrons. The summed E-state index contributed by atoms with van der Waals surface area (Å²) in [5.41, 5.74) is 0. The standard InChI is InChI=1S/C11H14N2O5/c1-17-10(15)4-5-12-9(14)7-13-11(16)8-3-2-6-18-8/h2-3,6H,4-5,7H2,1H3,(H,12,14)(H,13,16). The second kappa shape index (κ2) is 7.10. The van der Waals surface area contributed by atoms with Crippen LogP contribution in [0.1, 0.15) is 17.0 Å². The lowest BCUT2D eigenvalue weighted by atomic mass is 10.4. The van der Waals surface area contributed by atoms with E-state index in [2.05, 4.69) is 15.4 Å². The maximum atomic E-state index is 11.4. The Morgan fingerprint density at radius 3 is 2.72 bits per heavy atom. The van der Waals surface area contributed by atoms with Crippen LogP contribution >= 0.6 is 0 Å². The van der Waals surface area contributed by atoms with Gasteiger partial charge in [0.05, 0.1) is 26.3 Å². The van der Waals surface area contributed by atoms with E-state index in [1.54, 1.807) is 6.07 Å². The largest absolute Gasteiger partial charge is 0.469 e. The molecule has 1 aromatic rings. The lowest BCUT2D eigenvalue weighted by Gasteiger charge is -2.05. The third-order valence-corrected chi connectivity index (χ3v) is 2.03. The van der Waals surface area contributed by atoms with Crippen molar-refractivity contribution in [2.75, 3.05) is 20.2 Å². The van der Waals surface area contributed by atoms with Crippen molar-refractivity contribution in [2.45, 2.75) is 6.42 Å². The first kappa shape index (κ1) is 13.8. The van der Waals surface area contributed by atoms with Gasteiger partial charge in [-0.15, -0.1) is 0 Å². The zero-order valence-electron chi connectivity index (χ0n) is 9.89. The first-order chi connectivity index (χ1) is 8.63. The smallest absolute Gasteiger partial charge is 0.307 e. The van der Waals surface area contributed by atoms with Crippen LogP contribution in [0.3, 0.4) is 0 Å². The fourth-order valence-corrected chi connectivity index (χ4v) is 1.12. The number of carbonyl (C=O) groups is 3. The Morgan fingerprint density at radius 1 is 1.33 bits per heavy atom. The zero-order valence-corrected chi connectivity index (χ0v) is 9.89. The molecular formula is C11H14N2O5. The average molecular weight is 254 g/mol. The highest BCUT2D eigenvalue weighted by Crippen LogP contribution is 1.98. The number of ether oxygens (including phenoxy) is 1. The number of esters is 1. The van der Waals surface area contributed by atoms with Crippen molar-refractivity contribution in [3.05, 3.63) is 24.2 Å². The molecule has 0 atom stereocenters. The molecule has 1 rings (SSSR count). The van der Waals surface area contributed by atoms with Crippen LogP contribution in [0.5, 0.6) is 0 Å². The Labute approximate surface area is 103 Å². The van der Waals surface area contributed by atoms with E-state index in [-0.39, 0.29) is 31.2 Å². The molecule has 1 aromatic heterocycles. The van der Waals surface area contributed by atoms with Crippen molar-refractivity contribution in [1.82, 2.24) is 10.6 Å². The van der Waals surface area contributed by atoms with Crippen LogP contribution < -0.4 is 10.6 Å². The minimum atomic E-state index is -0.469. The Morgan fingerprint density at radius 2 is 2.11 bits per heavy atom. The third kappa shape index (κ3) is 4.69. The van der Waals surface area contributed by atoms with Gasteiger partial charge in [-0.25, -0.2) is 0 Å². The molecule has 2 N–H and O–H groups in total. The van der Waals surface area contributed by atoms with Crippen molar-refractivity contribution in [2.24, 2.45) is 0 Å². The van der Waals surface area contributed by atoms with E-state index in [1.165, 1.54) is 19.4 Å². The first-order valence-corrected chi connectivity index (χ1v) is 5.28. The summed E-state index contributed by atoms with van der Waals surface area (Å²) in [5.74, 6) is -1.13. The van der Waals surface area contributed by atoms with Gasteiger partial charge in [-0.05, 0) is 12.1 Å². The van der Waals surface area contributed by atoms with Gasteiger partial charge in [0.2, 0.25) is 5.91 Å². The van der Waals surface area contributed by atoms with E-state index in [4.69, 9.17) is 4.42 Å². The molecule has 2 amide bonds. The molecular weight excluding hydrogens is 240 g/mol. The Balaban J connectivity index is 2.17. The Bertz CT molecular complexity index is 413. The summed E-state index contributed by atoms with van der Waals surface area (Å²) in [6.45, 7) is -0.0111. The number of nitrogens with one attached hydrogen (secondary N) is 2. The fourth-order valence-electron chi connectivity index (χ4n) is 1.12. The highest BCUT2D eigenvalue weighted by molar-refractivity contribution is 5.94. The van der Waals surface area contributed by atoms with Gasteiger partial charge in [0.25, 0.3) is 5.91 Å². The summed E-state index contributed by atoms with van der Waals surface area (Å²) < 4.78 is 9.26. The molecule has 18 heavy (non-hydrogen) atoms. The second-order valence-corrected chi connectivity index (χ2v) is 3.34. The number of rotatable bonds is 6. The van der Waals surface area contributed by atoms with Crippen LogP contribution in [0.25, 0.3) is 0 Å². The maximum Gasteiger partial charge on any atom is 0.307 e. The number of hydrogen-bond donors (Lipinski definition) is 2. The van der Waals surface area contributed by atoms with Crippen molar-refractivity contribution in [3.8, 4) is 0 Å². The minimum absolute atomic E-state index is 0.0916. The lowest BCUT2D eigenvalue weighted by Crippen LogP contribution is -2.37. The molecule has 0 saturated carbocycles. The monoisotopic (exact) mass is 254 g/mol. The molecule has 0 aromatic carbocycles. The maximum absolute atomic E-state index is 11.4. The number of furan rings is 1. The molecule has 7 heteroatoms. The van der Waals surface area contributed by atoms with E-state index in [0.717, 1.165) is 0 Å². The van der Waals surface area contributed by atoms with E-state index in [1.807, 2.05) is 0 Å². The van der Waals surface area contributed by atoms with Gasteiger partial charge in [0.1, 0.15) is 0 Å². The van der Waals surface area contributed by atoms with Gasteiger partial charge < -0.3 is 19.8 Å². The van der Waals surface area contributed by atoms with Gasteiger partial charge >= 0.3 is 5.97 Å². The summed E-state index contributed by atoms with van der Waals surface area (Å²) in [5, 5.41) is 4.84. The quantitative estimate of drug-likeness (QED) is 0.678. The van der Waals surface area contributed by atoms with Crippen molar-refractivity contribution < 1.29 is 23.5 Å². The summed E-state index contributed by atoms with van der Waals surface area (Å²) in [6.07, 6.45) is 1.46. The first-order valence-electron chi connectivity index (χ1n) is 5.28. The molecule has 1 heterocycles. The van der Waals surface area contributed by atoms with Crippen LogP contribution in [-0.2, 0) is 14.3 Å². The van der Waals surface area contributed by atoms with Gasteiger partial charge in [-0.3, -0.25) is 14.4 Å². The van der Waals surface area contributed by atoms with Gasteiger partial charge in [-0.2, -0.15) is 0 Å². The van der Waals surface area contributed by atoms with Gasteiger partial charge in [0.15, 0.2) is 5.76 Å². The van der Waals surface area contributed by atoms with Crippen LogP contribution in [0, 0.1) is 0 Å². The molecule has 0 aliphatic carbocycles. The number of hydrogen-bond acceptors (Lipinski definition) is 5. The van der Waals surface area contributed by atoms with E-state index >= 15 is 0 Å². The molecule has 0 spiro atoms. The van der Waals surface area contributed by atoms with Crippen LogP contribution in [-0.4, -0.2) is 38.0 Å². The molecule has 0 saturated heterocycles. The third-order valence-electron chi connectivity index (χ3n) is 2.03. The van der Waals surface area contributed by atoms with Crippen LogP contribution in [0.2, 0.25) is 0 Å². The highest BCUT2D eigenvalue weighted by Gasteiger charge is 2.10. The molecule has 0 aliphatic rings. The summed E-state index contributed by atoms with van der Waals surface area (Å²) in [4.78, 5) is 33.4. The minimum Gasteiger partial charge on any atom is -0.469 e. The predicted molar refractivity (Wildman–Crippen MR) is 60.7 cm³/mol. The van der Waals surface area contributed by atoms with Crippen LogP contribution in [0.4, 0.5) is 0 Å². The summed E-state index contributed by atoms with van der Waals surface area (Å²) in [7, 11) is 1.27. The number of carbonyl (C=O) groups excluding carboxylic acids is 3. The average Bonchev–Trinajstić information content (AvgIpc) is 2.89. The Kier molecular flexibility index (Phi) is 5.43. The zero-order chi connectivity index (χ0) is 13.4. The molecule has 0 fully saturated rings. The van der Waals surface area contributed by atoms with Crippen molar-refractivity contribution in [1.29, 1.82) is 0 Å². The fraction of sp³-hybridized carbons (Fsp3) is 0.364. The molecule has 0 radical (unpaired) electrons. The number of methoxy groups -OCH3 is 1. The SMILES string of the molecule is COC(=O)CCNC(=O)CNC(=O)c1ccco1. The summed E-state index contributed by atoms with van der Waals surface area (Å²) in [6, 6.07) is 3.07. The molecule has 0 unspecified atom stereocenters. The second-order valence-electron chi connectivity index (χ2n) is 3.34. The molecule has 0 bridgehead atoms. The topological polar surface area (TPSA) is 97.6 Å². The lowest BCUT2D eigenvalue weighted by molar-refractivity contribution is -0.140. The molecule has 7 nitrogen and oxygen atoms in total. The van der Waals surface area contributed by atoms with Gasteiger partial charge in [0, 0.05) is 6.54 Å². The van der Waals surface area contributed by atoms with E-state index in [0.29, 0.717) is 0 Å². The molecule has 0 aliphatic heterocycles. The predicted octanol–water partition coefficient (Wildman–Crippen LogP) is -0.311. The van der Waals surface area contributed by atoms with Crippen molar-refractivity contribution >= 4 is 17.8 Å². The Hall–Kier alpha value is -2.31. The van der Waals surface area contributed by atoms with E-state index < -0.39 is 11.9 Å². The normalized spacial score (nSPS) is 9.61. The summed E-state index contributed by atoms with van der Waals surface area (Å²) >= 11 is 0. The van der Waals surface area contributed by atoms with Crippen molar-refractivity contribution in [3.63, 3.8) is 0 Å².